The van der Waals surface area contributed by atoms with Crippen LogP contribution in [0.5, 0.6) is 0 Å². The highest BCUT2D eigenvalue weighted by Gasteiger charge is 2.22. The van der Waals surface area contributed by atoms with Crippen LogP contribution in [-0.4, -0.2) is 56.6 Å². The number of nitrogens with one attached hydrogen (secondary N) is 1. The van der Waals surface area contributed by atoms with Gasteiger partial charge in [-0.1, -0.05) is 30.7 Å². The number of sulfonamides is 1. The topological polar surface area (TPSA) is 69.7 Å². The van der Waals surface area contributed by atoms with Gasteiger partial charge in [0.25, 0.3) is 0 Å². The van der Waals surface area contributed by atoms with E-state index in [1.54, 1.807) is 24.3 Å². The third-order valence-electron chi connectivity index (χ3n) is 5.30. The van der Waals surface area contributed by atoms with Gasteiger partial charge in [-0.15, -0.1) is 0 Å². The Morgan fingerprint density at radius 3 is 2.53 bits per heavy atom. The molecule has 3 rings (SSSR count). The van der Waals surface area contributed by atoms with Crippen LogP contribution in [0, 0.1) is 6.92 Å². The standard InChI is InChI=1S/C22H31N3O3S2/c1-4-13-25(15-12-23-30(27,28)20-8-5-18(2)6-9-20)14-11-19-7-10-21-22(16-19)29(26)17-24(21)3/h5-10,16,23H,4,11-15,17H2,1-3H3. The maximum Gasteiger partial charge on any atom is 0.240 e. The molecule has 0 aliphatic carbocycles. The molecule has 0 bridgehead atoms. The van der Waals surface area contributed by atoms with Crippen molar-refractivity contribution in [3.8, 4) is 0 Å². The number of aryl methyl sites for hydroxylation is 1. The first-order chi connectivity index (χ1) is 14.3. The molecule has 1 aliphatic rings. The van der Waals surface area contributed by atoms with Crippen molar-refractivity contribution in [3.63, 3.8) is 0 Å². The van der Waals surface area contributed by atoms with Crippen molar-refractivity contribution in [1.82, 2.24) is 9.62 Å². The summed E-state index contributed by atoms with van der Waals surface area (Å²) in [6, 6.07) is 13.1. The SMILES string of the molecule is CCCN(CCNS(=O)(=O)c1ccc(C)cc1)CCc1ccc2c(c1)S(=O)CN2C. The maximum atomic E-state index is 12.5. The first kappa shape index (κ1) is 22.9. The Morgan fingerprint density at radius 2 is 1.83 bits per heavy atom. The second-order valence-electron chi connectivity index (χ2n) is 7.78. The van der Waals surface area contributed by atoms with E-state index in [0.29, 0.717) is 23.9 Å². The van der Waals surface area contributed by atoms with Crippen molar-refractivity contribution in [3.05, 3.63) is 53.6 Å². The lowest BCUT2D eigenvalue weighted by molar-refractivity contribution is 0.282. The predicted molar refractivity (Wildman–Crippen MR) is 123 cm³/mol. The average Bonchev–Trinajstić information content (AvgIpc) is 2.99. The molecule has 0 fully saturated rings. The molecule has 1 N–H and O–H groups in total. The number of benzene rings is 2. The lowest BCUT2D eigenvalue weighted by Gasteiger charge is -2.22. The van der Waals surface area contributed by atoms with Gasteiger partial charge >= 0.3 is 0 Å². The van der Waals surface area contributed by atoms with Gasteiger partial charge in [0.2, 0.25) is 10.0 Å². The van der Waals surface area contributed by atoms with Gasteiger partial charge in [0, 0.05) is 26.7 Å². The monoisotopic (exact) mass is 449 g/mol. The summed E-state index contributed by atoms with van der Waals surface area (Å²) in [5.41, 5.74) is 3.25. The number of hydrogen-bond donors (Lipinski definition) is 1. The zero-order chi connectivity index (χ0) is 21.7. The summed E-state index contributed by atoms with van der Waals surface area (Å²) in [5, 5.41) is 0. The molecule has 0 aromatic heterocycles. The highest BCUT2D eigenvalue weighted by Crippen LogP contribution is 2.31. The van der Waals surface area contributed by atoms with E-state index < -0.39 is 20.8 Å². The fourth-order valence-electron chi connectivity index (χ4n) is 3.60. The minimum atomic E-state index is -3.49. The molecule has 1 heterocycles. The Labute approximate surface area is 182 Å². The minimum absolute atomic E-state index is 0.297. The van der Waals surface area contributed by atoms with Crippen LogP contribution >= 0.6 is 0 Å². The van der Waals surface area contributed by atoms with E-state index in [1.807, 2.05) is 18.9 Å². The summed E-state index contributed by atoms with van der Waals surface area (Å²) in [7, 11) is -2.48. The Hall–Kier alpha value is -1.74. The Kier molecular flexibility index (Phi) is 7.68. The van der Waals surface area contributed by atoms with Crippen LogP contribution in [0.15, 0.2) is 52.3 Å². The quantitative estimate of drug-likeness (QED) is 0.604. The van der Waals surface area contributed by atoms with E-state index in [-0.39, 0.29) is 0 Å². The second kappa shape index (κ2) is 10.0. The van der Waals surface area contributed by atoms with Gasteiger partial charge in [-0.2, -0.15) is 0 Å². The summed E-state index contributed by atoms with van der Waals surface area (Å²) >= 11 is 0. The molecule has 30 heavy (non-hydrogen) atoms. The molecule has 2 aromatic carbocycles. The van der Waals surface area contributed by atoms with E-state index in [4.69, 9.17) is 0 Å². The zero-order valence-electron chi connectivity index (χ0n) is 17.9. The third kappa shape index (κ3) is 5.69. The largest absolute Gasteiger partial charge is 0.361 e. The summed E-state index contributed by atoms with van der Waals surface area (Å²) in [4.78, 5) is 5.52. The van der Waals surface area contributed by atoms with Crippen LogP contribution in [0.4, 0.5) is 5.69 Å². The molecule has 1 unspecified atom stereocenters. The third-order valence-corrected chi connectivity index (χ3v) is 8.22. The van der Waals surface area contributed by atoms with E-state index in [9.17, 15) is 12.6 Å². The summed E-state index contributed by atoms with van der Waals surface area (Å²) < 4.78 is 39.9. The Bertz CT molecular complexity index is 991. The highest BCUT2D eigenvalue weighted by atomic mass is 32.2. The van der Waals surface area contributed by atoms with Gasteiger partial charge in [0.1, 0.15) is 0 Å². The van der Waals surface area contributed by atoms with E-state index in [1.165, 1.54) is 5.56 Å². The van der Waals surface area contributed by atoms with Gasteiger partial charge in [0.15, 0.2) is 0 Å². The lowest BCUT2D eigenvalue weighted by Crippen LogP contribution is -2.36. The fraction of sp³-hybridized carbons (Fsp3) is 0.455. The molecule has 0 saturated carbocycles. The smallest absolute Gasteiger partial charge is 0.240 e. The molecule has 0 spiro atoms. The van der Waals surface area contributed by atoms with Crippen LogP contribution in [0.3, 0.4) is 0 Å². The van der Waals surface area contributed by atoms with Crippen LogP contribution in [-0.2, 0) is 27.2 Å². The van der Waals surface area contributed by atoms with Gasteiger partial charge in [-0.05, 0) is 56.1 Å². The van der Waals surface area contributed by atoms with Crippen molar-refractivity contribution in [2.75, 3.05) is 44.0 Å². The van der Waals surface area contributed by atoms with Crippen molar-refractivity contribution in [2.45, 2.75) is 36.5 Å². The number of anilines is 1. The molecule has 1 aliphatic heterocycles. The molecule has 0 saturated heterocycles. The number of fused-ring (bicyclic) bond motifs is 1. The van der Waals surface area contributed by atoms with E-state index in [0.717, 1.165) is 42.1 Å². The number of nitrogens with zero attached hydrogens (tertiary/aromatic N) is 2. The van der Waals surface area contributed by atoms with Crippen LogP contribution < -0.4 is 9.62 Å². The van der Waals surface area contributed by atoms with Crippen LogP contribution in [0.25, 0.3) is 0 Å². The molecule has 8 heteroatoms. The number of rotatable bonds is 10. The fourth-order valence-corrected chi connectivity index (χ4v) is 6.00. The zero-order valence-corrected chi connectivity index (χ0v) is 19.6. The van der Waals surface area contributed by atoms with Crippen LogP contribution in [0.2, 0.25) is 0 Å². The highest BCUT2D eigenvalue weighted by molar-refractivity contribution is 7.89. The Morgan fingerprint density at radius 1 is 1.10 bits per heavy atom. The molecule has 0 radical (unpaired) electrons. The normalized spacial score (nSPS) is 16.3. The van der Waals surface area contributed by atoms with E-state index in [2.05, 4.69) is 34.7 Å². The molecule has 0 amide bonds. The van der Waals surface area contributed by atoms with E-state index >= 15 is 0 Å². The van der Waals surface area contributed by atoms with Crippen molar-refractivity contribution < 1.29 is 12.6 Å². The summed E-state index contributed by atoms with van der Waals surface area (Å²) in [6.45, 7) is 6.82. The molecule has 164 valence electrons. The first-order valence-corrected chi connectivity index (χ1v) is 13.1. The minimum Gasteiger partial charge on any atom is -0.361 e. The van der Waals surface area contributed by atoms with Gasteiger partial charge in [-0.3, -0.25) is 4.21 Å². The van der Waals surface area contributed by atoms with Crippen molar-refractivity contribution in [1.29, 1.82) is 0 Å². The van der Waals surface area contributed by atoms with Crippen molar-refractivity contribution in [2.24, 2.45) is 0 Å². The lowest BCUT2D eigenvalue weighted by atomic mass is 10.1. The second-order valence-corrected chi connectivity index (χ2v) is 10.9. The maximum absolute atomic E-state index is 12.5. The van der Waals surface area contributed by atoms with Gasteiger partial charge in [-0.25, -0.2) is 13.1 Å². The average molecular weight is 450 g/mol. The van der Waals surface area contributed by atoms with Gasteiger partial charge in [0.05, 0.1) is 32.2 Å². The Balaban J connectivity index is 1.54. The van der Waals surface area contributed by atoms with Crippen LogP contribution in [0.1, 0.15) is 24.5 Å². The van der Waals surface area contributed by atoms with Crippen molar-refractivity contribution >= 4 is 26.5 Å². The summed E-state index contributed by atoms with van der Waals surface area (Å²) in [5.74, 6) is 0.557. The molecule has 1 atom stereocenters. The number of hydrogen-bond acceptors (Lipinski definition) is 5. The summed E-state index contributed by atoms with van der Waals surface area (Å²) in [6.07, 6.45) is 1.85. The molecular formula is C22H31N3O3S2. The van der Waals surface area contributed by atoms with Gasteiger partial charge < -0.3 is 9.80 Å². The molecular weight excluding hydrogens is 418 g/mol. The molecule has 6 nitrogen and oxygen atoms in total. The predicted octanol–water partition coefficient (Wildman–Crippen LogP) is 2.74. The molecule has 2 aromatic rings. The first-order valence-electron chi connectivity index (χ1n) is 10.3.